The van der Waals surface area contributed by atoms with E-state index in [4.69, 9.17) is 14.6 Å². The van der Waals surface area contributed by atoms with Gasteiger partial charge in [0, 0.05) is 18.5 Å². The average molecular weight is 374 g/mol. The van der Waals surface area contributed by atoms with Gasteiger partial charge >= 0.3 is 5.97 Å². The van der Waals surface area contributed by atoms with Crippen molar-refractivity contribution in [2.24, 2.45) is 0 Å². The van der Waals surface area contributed by atoms with Crippen molar-refractivity contribution in [3.8, 4) is 23.3 Å². The zero-order valence-corrected chi connectivity index (χ0v) is 15.3. The molecule has 2 aromatic carbocycles. The minimum absolute atomic E-state index is 0.0940. The van der Waals surface area contributed by atoms with Gasteiger partial charge < -0.3 is 14.6 Å². The fourth-order valence-corrected chi connectivity index (χ4v) is 2.66. The lowest BCUT2D eigenvalue weighted by Gasteiger charge is -2.14. The number of aromatic nitrogens is 1. The third-order valence-corrected chi connectivity index (χ3v) is 4.19. The normalized spacial score (nSPS) is 10.1. The van der Waals surface area contributed by atoms with Crippen LogP contribution in [0.15, 0.2) is 60.9 Å². The number of pyridine rings is 1. The Morgan fingerprint density at radius 3 is 2.64 bits per heavy atom. The number of hydrogen-bond donors (Lipinski definition) is 1. The van der Waals surface area contributed by atoms with E-state index in [2.05, 4.69) is 11.1 Å². The van der Waals surface area contributed by atoms with Gasteiger partial charge in [0.2, 0.25) is 0 Å². The first kappa shape index (κ1) is 18.9. The topological polar surface area (TPSA) is 92.4 Å². The van der Waals surface area contributed by atoms with E-state index in [0.717, 1.165) is 11.1 Å². The lowest BCUT2D eigenvalue weighted by atomic mass is 10.0. The van der Waals surface area contributed by atoms with Crippen molar-refractivity contribution in [1.29, 1.82) is 5.26 Å². The Morgan fingerprint density at radius 1 is 1.14 bits per heavy atom. The van der Waals surface area contributed by atoms with Crippen molar-refractivity contribution in [3.05, 3.63) is 83.2 Å². The molecule has 0 aliphatic carbocycles. The largest absolute Gasteiger partial charge is 0.489 e. The van der Waals surface area contributed by atoms with Gasteiger partial charge in [0.25, 0.3) is 0 Å². The Hall–Kier alpha value is -3.85. The molecule has 0 radical (unpaired) electrons. The maximum absolute atomic E-state index is 11.0. The molecule has 6 heteroatoms. The highest BCUT2D eigenvalue weighted by molar-refractivity contribution is 5.71. The molecule has 3 aromatic rings. The molecular formula is C22H18N2O4. The third-order valence-electron chi connectivity index (χ3n) is 4.19. The van der Waals surface area contributed by atoms with Crippen molar-refractivity contribution in [2.45, 2.75) is 20.0 Å². The molecule has 0 spiro atoms. The number of benzene rings is 2. The molecule has 0 aliphatic heterocycles. The molecule has 0 unspecified atom stereocenters. The van der Waals surface area contributed by atoms with Crippen LogP contribution in [-0.2, 0) is 17.8 Å². The van der Waals surface area contributed by atoms with Gasteiger partial charge in [-0.15, -0.1) is 0 Å². The summed E-state index contributed by atoms with van der Waals surface area (Å²) in [7, 11) is 0. The van der Waals surface area contributed by atoms with Gasteiger partial charge in [-0.25, -0.2) is 0 Å². The van der Waals surface area contributed by atoms with Crippen LogP contribution in [0.25, 0.3) is 0 Å². The van der Waals surface area contributed by atoms with E-state index in [-0.39, 0.29) is 6.42 Å². The molecular weight excluding hydrogens is 356 g/mol. The van der Waals surface area contributed by atoms with Crippen LogP contribution in [0.4, 0.5) is 0 Å². The SMILES string of the molecule is Cc1c(CC(=O)O)cccc1Oc1cc(OCc2ccncc2)ccc1C#N. The molecule has 28 heavy (non-hydrogen) atoms. The first-order valence-corrected chi connectivity index (χ1v) is 8.61. The second-order valence-electron chi connectivity index (χ2n) is 6.13. The molecule has 0 saturated carbocycles. The predicted octanol–water partition coefficient (Wildman–Crippen LogP) is 4.26. The van der Waals surface area contributed by atoms with E-state index in [9.17, 15) is 10.1 Å². The summed E-state index contributed by atoms with van der Waals surface area (Å²) in [6.07, 6.45) is 3.29. The molecule has 0 amide bonds. The van der Waals surface area contributed by atoms with Gasteiger partial charge in [-0.2, -0.15) is 5.26 Å². The van der Waals surface area contributed by atoms with Gasteiger partial charge in [-0.05, 0) is 53.9 Å². The Morgan fingerprint density at radius 2 is 1.93 bits per heavy atom. The van der Waals surface area contributed by atoms with Crippen LogP contribution >= 0.6 is 0 Å². The lowest BCUT2D eigenvalue weighted by Crippen LogP contribution is -2.03. The minimum atomic E-state index is -0.913. The van der Waals surface area contributed by atoms with Crippen LogP contribution in [-0.4, -0.2) is 16.1 Å². The summed E-state index contributed by atoms with van der Waals surface area (Å²) >= 11 is 0. The Balaban J connectivity index is 1.83. The van der Waals surface area contributed by atoms with Crippen molar-refractivity contribution in [2.75, 3.05) is 0 Å². The summed E-state index contributed by atoms with van der Waals surface area (Å²) in [5.74, 6) is 0.501. The van der Waals surface area contributed by atoms with E-state index in [1.165, 1.54) is 0 Å². The van der Waals surface area contributed by atoms with E-state index >= 15 is 0 Å². The van der Waals surface area contributed by atoms with E-state index in [0.29, 0.717) is 35.0 Å². The molecule has 0 atom stereocenters. The zero-order chi connectivity index (χ0) is 19.9. The highest BCUT2D eigenvalue weighted by Gasteiger charge is 2.12. The van der Waals surface area contributed by atoms with Gasteiger partial charge in [-0.3, -0.25) is 9.78 Å². The van der Waals surface area contributed by atoms with Crippen molar-refractivity contribution in [1.82, 2.24) is 4.98 Å². The molecule has 1 aromatic heterocycles. The smallest absolute Gasteiger partial charge is 0.307 e. The molecule has 140 valence electrons. The van der Waals surface area contributed by atoms with Crippen LogP contribution < -0.4 is 9.47 Å². The molecule has 0 aliphatic rings. The van der Waals surface area contributed by atoms with Gasteiger partial charge in [0.1, 0.15) is 29.9 Å². The van der Waals surface area contributed by atoms with Gasteiger partial charge in [0.05, 0.1) is 12.0 Å². The highest BCUT2D eigenvalue weighted by atomic mass is 16.5. The maximum atomic E-state index is 11.0. The number of carboxylic acids is 1. The van der Waals surface area contributed by atoms with Crippen LogP contribution in [0, 0.1) is 18.3 Å². The van der Waals surface area contributed by atoms with Crippen LogP contribution in [0.3, 0.4) is 0 Å². The van der Waals surface area contributed by atoms with Crippen LogP contribution in [0.2, 0.25) is 0 Å². The summed E-state index contributed by atoms with van der Waals surface area (Å²) in [5, 5.41) is 18.4. The van der Waals surface area contributed by atoms with Crippen LogP contribution in [0.1, 0.15) is 22.3 Å². The molecule has 6 nitrogen and oxygen atoms in total. The van der Waals surface area contributed by atoms with E-state index < -0.39 is 5.97 Å². The predicted molar refractivity (Wildman–Crippen MR) is 102 cm³/mol. The molecule has 0 fully saturated rings. The van der Waals surface area contributed by atoms with E-state index in [1.807, 2.05) is 12.1 Å². The summed E-state index contributed by atoms with van der Waals surface area (Å²) in [5.41, 5.74) is 2.71. The molecule has 1 heterocycles. The Kier molecular flexibility index (Phi) is 5.87. The first-order chi connectivity index (χ1) is 13.6. The number of ether oxygens (including phenoxy) is 2. The minimum Gasteiger partial charge on any atom is -0.489 e. The maximum Gasteiger partial charge on any atom is 0.307 e. The number of nitriles is 1. The summed E-state index contributed by atoms with van der Waals surface area (Å²) in [6.45, 7) is 2.16. The summed E-state index contributed by atoms with van der Waals surface area (Å²) in [6, 6.07) is 16.0. The highest BCUT2D eigenvalue weighted by Crippen LogP contribution is 2.32. The number of rotatable bonds is 7. The third kappa shape index (κ3) is 4.65. The van der Waals surface area contributed by atoms with Crippen molar-refractivity contribution in [3.63, 3.8) is 0 Å². The quantitative estimate of drug-likeness (QED) is 0.664. The molecule has 3 rings (SSSR count). The summed E-state index contributed by atoms with van der Waals surface area (Å²) < 4.78 is 11.7. The zero-order valence-electron chi connectivity index (χ0n) is 15.3. The number of hydrogen-bond acceptors (Lipinski definition) is 5. The number of carbonyl (C=O) groups is 1. The second-order valence-corrected chi connectivity index (χ2v) is 6.13. The molecule has 0 saturated heterocycles. The average Bonchev–Trinajstić information content (AvgIpc) is 2.70. The number of carboxylic acid groups (broad SMARTS) is 1. The van der Waals surface area contributed by atoms with Crippen molar-refractivity contribution < 1.29 is 19.4 Å². The fourth-order valence-electron chi connectivity index (χ4n) is 2.66. The molecule has 0 bridgehead atoms. The standard InChI is InChI=1S/C22H18N2O4/c1-15-17(11-22(25)26)3-2-4-20(15)28-21-12-19(6-5-18(21)13-23)27-14-16-7-9-24-10-8-16/h2-10,12H,11,14H2,1H3,(H,25,26). The monoisotopic (exact) mass is 374 g/mol. The summed E-state index contributed by atoms with van der Waals surface area (Å²) in [4.78, 5) is 15.0. The van der Waals surface area contributed by atoms with Gasteiger partial charge in [0.15, 0.2) is 0 Å². The number of nitrogens with zero attached hydrogens (tertiary/aromatic N) is 2. The van der Waals surface area contributed by atoms with Crippen molar-refractivity contribution >= 4 is 5.97 Å². The second kappa shape index (κ2) is 8.69. The lowest BCUT2D eigenvalue weighted by molar-refractivity contribution is -0.136. The first-order valence-electron chi connectivity index (χ1n) is 8.61. The molecule has 1 N–H and O–H groups in total. The van der Waals surface area contributed by atoms with Crippen LogP contribution in [0.5, 0.6) is 17.2 Å². The fraction of sp³-hybridized carbons (Fsp3) is 0.136. The Labute approximate surface area is 162 Å². The van der Waals surface area contributed by atoms with E-state index in [1.54, 1.807) is 55.7 Å². The Bertz CT molecular complexity index is 1030. The van der Waals surface area contributed by atoms with Gasteiger partial charge in [-0.1, -0.05) is 12.1 Å². The number of aliphatic carboxylic acids is 1.